The number of nitrogen functional groups attached to an aromatic ring is 1. The highest BCUT2D eigenvalue weighted by Crippen LogP contribution is 2.39. The number of carbonyl (C=O) groups excluding carboxylic acids is 1. The van der Waals surface area contributed by atoms with Gasteiger partial charge in [-0.3, -0.25) is 4.79 Å². The van der Waals surface area contributed by atoms with Crippen LogP contribution in [0.15, 0.2) is 36.4 Å². The van der Waals surface area contributed by atoms with Gasteiger partial charge in [-0.25, -0.2) is 4.98 Å². The van der Waals surface area contributed by atoms with E-state index < -0.39 is 6.61 Å². The summed E-state index contributed by atoms with van der Waals surface area (Å²) in [6, 6.07) is 9.45. The molecule has 0 saturated carbocycles. The van der Waals surface area contributed by atoms with Crippen LogP contribution in [0.25, 0.3) is 10.9 Å². The molecule has 2 aliphatic heterocycles. The maximum Gasteiger partial charge on any atom is 0.387 e. The number of hydrogen-bond donors (Lipinski definition) is 1. The molecule has 2 N–H and O–H groups in total. The summed E-state index contributed by atoms with van der Waals surface area (Å²) in [5.74, 6) is 0.698. The van der Waals surface area contributed by atoms with Crippen molar-refractivity contribution in [1.29, 1.82) is 0 Å². The normalized spacial score (nSPS) is 16.8. The average Bonchev–Trinajstić information content (AvgIpc) is 3.40. The number of amides is 1. The van der Waals surface area contributed by atoms with E-state index in [0.29, 0.717) is 35.9 Å². The Morgan fingerprint density at radius 2 is 2.03 bits per heavy atom. The van der Waals surface area contributed by atoms with Gasteiger partial charge >= 0.3 is 6.61 Å². The van der Waals surface area contributed by atoms with Crippen molar-refractivity contribution in [2.75, 3.05) is 19.4 Å². The molecule has 0 radical (unpaired) electrons. The Bertz CT molecular complexity index is 1200. The Labute approximate surface area is 176 Å². The molecule has 2 aliphatic rings. The van der Waals surface area contributed by atoms with Crippen molar-refractivity contribution >= 4 is 22.6 Å². The number of fused-ring (bicyclic) bond motifs is 4. The van der Waals surface area contributed by atoms with Crippen LogP contribution in [0, 0.1) is 0 Å². The number of nitrogens with two attached hydrogens (primary N) is 1. The van der Waals surface area contributed by atoms with Gasteiger partial charge in [0.2, 0.25) is 0 Å². The van der Waals surface area contributed by atoms with Crippen LogP contribution in [0.1, 0.15) is 33.1 Å². The van der Waals surface area contributed by atoms with Gasteiger partial charge in [0, 0.05) is 35.2 Å². The highest BCUT2D eigenvalue weighted by molar-refractivity contribution is 5.99. The molecule has 3 aromatic rings. The lowest BCUT2D eigenvalue weighted by Gasteiger charge is -2.24. The van der Waals surface area contributed by atoms with Crippen molar-refractivity contribution < 1.29 is 27.8 Å². The molecule has 1 amide bonds. The van der Waals surface area contributed by atoms with Gasteiger partial charge in [-0.05, 0) is 35.9 Å². The summed E-state index contributed by atoms with van der Waals surface area (Å²) < 4.78 is 40.5. The van der Waals surface area contributed by atoms with Crippen molar-refractivity contribution in [3.63, 3.8) is 0 Å². The molecule has 0 spiro atoms. The van der Waals surface area contributed by atoms with Crippen molar-refractivity contribution in [2.24, 2.45) is 0 Å². The lowest BCUT2D eigenvalue weighted by molar-refractivity contribution is -0.0499. The second-order valence-corrected chi connectivity index (χ2v) is 7.50. The topological polar surface area (TPSA) is 86.9 Å². The van der Waals surface area contributed by atoms with E-state index in [2.05, 4.69) is 9.72 Å². The van der Waals surface area contributed by atoms with Crippen LogP contribution in [0.2, 0.25) is 0 Å². The molecule has 0 fully saturated rings. The average molecular weight is 427 g/mol. The second-order valence-electron chi connectivity index (χ2n) is 7.50. The Kier molecular flexibility index (Phi) is 4.62. The number of likely N-dealkylation sites (N-methyl/N-ethyl adjacent to an activating group) is 1. The van der Waals surface area contributed by atoms with Crippen LogP contribution in [0.4, 0.5) is 14.6 Å². The highest BCUT2D eigenvalue weighted by atomic mass is 19.3. The number of halogens is 2. The molecule has 5 rings (SSSR count). The second kappa shape index (κ2) is 7.35. The van der Waals surface area contributed by atoms with Crippen LogP contribution in [-0.4, -0.2) is 36.1 Å². The molecule has 3 heterocycles. The van der Waals surface area contributed by atoms with E-state index in [1.807, 2.05) is 6.07 Å². The fourth-order valence-electron chi connectivity index (χ4n) is 4.12. The minimum absolute atomic E-state index is 0.0146. The molecule has 31 heavy (non-hydrogen) atoms. The van der Waals surface area contributed by atoms with Crippen molar-refractivity contribution in [3.8, 4) is 11.5 Å². The minimum atomic E-state index is -2.91. The summed E-state index contributed by atoms with van der Waals surface area (Å²) >= 11 is 0. The summed E-state index contributed by atoms with van der Waals surface area (Å²) in [4.78, 5) is 19.2. The van der Waals surface area contributed by atoms with E-state index in [9.17, 15) is 13.6 Å². The van der Waals surface area contributed by atoms with Crippen LogP contribution >= 0.6 is 0 Å². The number of carbonyl (C=O) groups is 1. The predicted octanol–water partition coefficient (Wildman–Crippen LogP) is 3.65. The number of ether oxygens (including phenoxy) is 3. The zero-order valence-corrected chi connectivity index (χ0v) is 16.6. The zero-order chi connectivity index (χ0) is 21.7. The third kappa shape index (κ3) is 3.31. The molecule has 7 nitrogen and oxygen atoms in total. The van der Waals surface area contributed by atoms with Gasteiger partial charge in [0.1, 0.15) is 23.9 Å². The minimum Gasteiger partial charge on any atom is -0.491 e. The Morgan fingerprint density at radius 1 is 1.23 bits per heavy atom. The Hall–Kier alpha value is -3.46. The molecular weight excluding hydrogens is 408 g/mol. The molecular formula is C22H19F2N3O4. The first-order valence-corrected chi connectivity index (χ1v) is 9.70. The number of rotatable bonds is 4. The van der Waals surface area contributed by atoms with Gasteiger partial charge < -0.3 is 24.8 Å². The van der Waals surface area contributed by atoms with E-state index in [-0.39, 0.29) is 24.3 Å². The molecule has 160 valence electrons. The van der Waals surface area contributed by atoms with Gasteiger partial charge in [0.05, 0.1) is 24.8 Å². The van der Waals surface area contributed by atoms with Crippen molar-refractivity contribution in [1.82, 2.24) is 9.88 Å². The first-order valence-electron chi connectivity index (χ1n) is 9.70. The number of aromatic nitrogens is 1. The SMILES string of the molecule is CN(C(=O)c1ccc2nc(N)c3c(c2c1)COC3)[C@@H]1COc2cc(OC(F)F)ccc21. The summed E-state index contributed by atoms with van der Waals surface area (Å²) in [7, 11) is 1.69. The Balaban J connectivity index is 1.44. The van der Waals surface area contributed by atoms with Crippen LogP contribution in [-0.2, 0) is 18.0 Å². The summed E-state index contributed by atoms with van der Waals surface area (Å²) in [6.07, 6.45) is 0. The van der Waals surface area contributed by atoms with Crippen molar-refractivity contribution in [2.45, 2.75) is 25.9 Å². The number of pyridine rings is 1. The quantitative estimate of drug-likeness (QED) is 0.684. The standard InChI is InChI=1S/C22H19F2N3O4/c1-27(18-10-30-19-7-12(31-22(23)24)3-4-13(18)19)21(28)11-2-5-17-14(6-11)15-8-29-9-16(15)20(25)26-17/h2-7,18,22H,8-10H2,1H3,(H2,25,26)/t18-/m1/s1. The first kappa shape index (κ1) is 19.5. The molecule has 9 heteroatoms. The van der Waals surface area contributed by atoms with E-state index in [1.165, 1.54) is 12.1 Å². The molecule has 2 aromatic carbocycles. The summed E-state index contributed by atoms with van der Waals surface area (Å²) in [5, 5.41) is 0.845. The summed E-state index contributed by atoms with van der Waals surface area (Å²) in [6.45, 7) is -1.84. The number of hydrogen-bond acceptors (Lipinski definition) is 6. The monoisotopic (exact) mass is 427 g/mol. The van der Waals surface area contributed by atoms with Crippen molar-refractivity contribution in [3.05, 3.63) is 58.7 Å². The van der Waals surface area contributed by atoms with Gasteiger partial charge in [-0.2, -0.15) is 8.78 Å². The van der Waals surface area contributed by atoms with Gasteiger partial charge in [-0.1, -0.05) is 0 Å². The van der Waals surface area contributed by atoms with Crippen LogP contribution in [0.3, 0.4) is 0 Å². The number of anilines is 1. The van der Waals surface area contributed by atoms with Gasteiger partial charge in [-0.15, -0.1) is 0 Å². The molecule has 0 aliphatic carbocycles. The third-order valence-corrected chi connectivity index (χ3v) is 5.73. The Morgan fingerprint density at radius 3 is 2.84 bits per heavy atom. The number of benzene rings is 2. The fraction of sp³-hybridized carbons (Fsp3) is 0.273. The lowest BCUT2D eigenvalue weighted by atomic mass is 10.0. The number of nitrogens with zero attached hydrogens (tertiary/aromatic N) is 2. The maximum atomic E-state index is 13.2. The fourth-order valence-corrected chi connectivity index (χ4v) is 4.12. The molecule has 1 aromatic heterocycles. The smallest absolute Gasteiger partial charge is 0.387 e. The van der Waals surface area contributed by atoms with Crippen LogP contribution < -0.4 is 15.2 Å². The number of alkyl halides is 2. The predicted molar refractivity (Wildman–Crippen MR) is 108 cm³/mol. The van der Waals surface area contributed by atoms with Crippen LogP contribution in [0.5, 0.6) is 11.5 Å². The molecule has 0 bridgehead atoms. The maximum absolute atomic E-state index is 13.2. The highest BCUT2D eigenvalue weighted by Gasteiger charge is 2.31. The zero-order valence-electron chi connectivity index (χ0n) is 16.6. The van der Waals surface area contributed by atoms with E-state index in [0.717, 1.165) is 22.1 Å². The van der Waals surface area contributed by atoms with E-state index >= 15 is 0 Å². The largest absolute Gasteiger partial charge is 0.491 e. The van der Waals surface area contributed by atoms with E-state index in [4.69, 9.17) is 15.2 Å². The van der Waals surface area contributed by atoms with Gasteiger partial charge in [0.15, 0.2) is 0 Å². The molecule has 0 saturated heterocycles. The molecule has 1 atom stereocenters. The first-order chi connectivity index (χ1) is 14.9. The summed E-state index contributed by atoms with van der Waals surface area (Å²) in [5.41, 5.74) is 9.79. The van der Waals surface area contributed by atoms with Gasteiger partial charge in [0.25, 0.3) is 5.91 Å². The third-order valence-electron chi connectivity index (χ3n) is 5.73. The lowest BCUT2D eigenvalue weighted by Crippen LogP contribution is -2.32. The molecule has 0 unspecified atom stereocenters. The van der Waals surface area contributed by atoms with E-state index in [1.54, 1.807) is 30.1 Å².